The van der Waals surface area contributed by atoms with Crippen molar-refractivity contribution in [1.29, 1.82) is 0 Å². The molecule has 29 heavy (non-hydrogen) atoms. The summed E-state index contributed by atoms with van der Waals surface area (Å²) in [6.07, 6.45) is 3.32. The highest BCUT2D eigenvalue weighted by atomic mass is 32.1. The molecule has 3 aromatic rings. The highest BCUT2D eigenvalue weighted by Crippen LogP contribution is 2.27. The van der Waals surface area contributed by atoms with Crippen LogP contribution in [0.15, 0.2) is 60.2 Å². The van der Waals surface area contributed by atoms with Crippen LogP contribution in [0.2, 0.25) is 0 Å². The zero-order chi connectivity index (χ0) is 20.8. The second-order valence-corrected chi connectivity index (χ2v) is 7.88. The van der Waals surface area contributed by atoms with Gasteiger partial charge in [0.25, 0.3) is 5.91 Å². The molecule has 0 saturated heterocycles. The summed E-state index contributed by atoms with van der Waals surface area (Å²) in [6.45, 7) is 5.70. The van der Waals surface area contributed by atoms with Crippen LogP contribution in [0.25, 0.3) is 0 Å². The maximum Gasteiger partial charge on any atom is 0.262 e. The van der Waals surface area contributed by atoms with Crippen molar-refractivity contribution in [2.75, 3.05) is 5.32 Å². The zero-order valence-corrected chi connectivity index (χ0v) is 17.3. The van der Waals surface area contributed by atoms with Crippen LogP contribution in [0.3, 0.4) is 0 Å². The summed E-state index contributed by atoms with van der Waals surface area (Å²) in [4.78, 5) is 29.7. The zero-order valence-electron chi connectivity index (χ0n) is 16.5. The van der Waals surface area contributed by atoms with Crippen molar-refractivity contribution < 1.29 is 14.3 Å². The maximum atomic E-state index is 12.8. The van der Waals surface area contributed by atoms with Crippen molar-refractivity contribution in [3.05, 3.63) is 70.7 Å². The number of amides is 2. The molecular weight excluding hydrogens is 386 g/mol. The first-order chi connectivity index (χ1) is 13.9. The molecule has 2 N–H and O–H groups in total. The summed E-state index contributed by atoms with van der Waals surface area (Å²) < 4.78 is 5.82. The van der Waals surface area contributed by atoms with E-state index in [4.69, 9.17) is 4.74 Å². The molecule has 0 aliphatic rings. The van der Waals surface area contributed by atoms with Gasteiger partial charge in [-0.1, -0.05) is 19.9 Å². The molecule has 1 aromatic carbocycles. The number of benzene rings is 1. The lowest BCUT2D eigenvalue weighted by atomic mass is 10.0. The molecule has 2 amide bonds. The number of carbonyl (C=O) groups is 2. The summed E-state index contributed by atoms with van der Waals surface area (Å²) >= 11 is 1.34. The van der Waals surface area contributed by atoms with Crippen LogP contribution in [-0.4, -0.2) is 22.8 Å². The van der Waals surface area contributed by atoms with E-state index in [0.29, 0.717) is 22.1 Å². The van der Waals surface area contributed by atoms with Gasteiger partial charge in [-0.3, -0.25) is 14.6 Å². The van der Waals surface area contributed by atoms with Crippen molar-refractivity contribution in [1.82, 2.24) is 10.3 Å². The number of hydrogen-bond donors (Lipinski definition) is 2. The predicted octanol–water partition coefficient (Wildman–Crippen LogP) is 4.64. The van der Waals surface area contributed by atoms with E-state index in [1.807, 2.05) is 44.4 Å². The number of rotatable bonds is 7. The number of aromatic nitrogens is 1. The lowest BCUT2D eigenvalue weighted by Gasteiger charge is -2.21. The Labute approximate surface area is 173 Å². The highest BCUT2D eigenvalue weighted by Gasteiger charge is 2.25. The first-order valence-electron chi connectivity index (χ1n) is 9.28. The Kier molecular flexibility index (Phi) is 6.61. The summed E-state index contributed by atoms with van der Waals surface area (Å²) in [5.41, 5.74) is 1.51. The third kappa shape index (κ3) is 5.42. The number of hydrogen-bond acceptors (Lipinski definition) is 5. The molecule has 1 unspecified atom stereocenters. The highest BCUT2D eigenvalue weighted by molar-refractivity contribution is 7.12. The van der Waals surface area contributed by atoms with E-state index in [2.05, 4.69) is 15.6 Å². The molecule has 3 rings (SSSR count). The number of anilines is 1. The van der Waals surface area contributed by atoms with Crippen LogP contribution in [0.1, 0.15) is 29.1 Å². The van der Waals surface area contributed by atoms with Crippen LogP contribution in [0.5, 0.6) is 11.5 Å². The fourth-order valence-electron chi connectivity index (χ4n) is 2.75. The fourth-order valence-corrected chi connectivity index (χ4v) is 3.38. The van der Waals surface area contributed by atoms with Crippen molar-refractivity contribution in [3.63, 3.8) is 0 Å². The number of nitrogens with zero attached hydrogens (tertiary/aromatic N) is 1. The molecule has 0 aliphatic carbocycles. The molecule has 7 heteroatoms. The summed E-state index contributed by atoms with van der Waals surface area (Å²) in [7, 11) is 0. The first kappa shape index (κ1) is 20.5. The normalized spacial score (nSPS) is 11.7. The Morgan fingerprint density at radius 2 is 1.97 bits per heavy atom. The van der Waals surface area contributed by atoms with E-state index >= 15 is 0 Å². The van der Waals surface area contributed by atoms with Gasteiger partial charge in [0.15, 0.2) is 0 Å². The minimum atomic E-state index is -0.642. The van der Waals surface area contributed by atoms with Gasteiger partial charge in [0.1, 0.15) is 17.5 Å². The van der Waals surface area contributed by atoms with Gasteiger partial charge >= 0.3 is 0 Å². The van der Waals surface area contributed by atoms with Gasteiger partial charge in [0.05, 0.1) is 11.1 Å². The standard InChI is InChI=1S/C22H23N3O3S/c1-14(2)20(25-21(26)19-7-5-11-29-19)22(27)24-16-8-9-18(15(3)12-16)28-17-6-4-10-23-13-17/h4-14,20H,1-3H3,(H,24,27)(H,25,26). The molecular formula is C22H23N3O3S. The van der Waals surface area contributed by atoms with Gasteiger partial charge in [-0.15, -0.1) is 11.3 Å². The van der Waals surface area contributed by atoms with E-state index in [1.165, 1.54) is 11.3 Å². The minimum Gasteiger partial charge on any atom is -0.455 e. The number of ether oxygens (including phenoxy) is 1. The first-order valence-corrected chi connectivity index (χ1v) is 10.2. The van der Waals surface area contributed by atoms with Crippen LogP contribution in [0.4, 0.5) is 5.69 Å². The monoisotopic (exact) mass is 409 g/mol. The Bertz CT molecular complexity index is 972. The van der Waals surface area contributed by atoms with Gasteiger partial charge in [-0.2, -0.15) is 0 Å². The van der Waals surface area contributed by atoms with Crippen LogP contribution >= 0.6 is 11.3 Å². The van der Waals surface area contributed by atoms with Crippen LogP contribution < -0.4 is 15.4 Å². The van der Waals surface area contributed by atoms with Gasteiger partial charge in [0, 0.05) is 11.9 Å². The second kappa shape index (κ2) is 9.34. The lowest BCUT2D eigenvalue weighted by Crippen LogP contribution is -2.46. The number of nitrogens with one attached hydrogen (secondary N) is 2. The predicted molar refractivity (Wildman–Crippen MR) is 115 cm³/mol. The second-order valence-electron chi connectivity index (χ2n) is 6.93. The molecule has 1 atom stereocenters. The number of pyridine rings is 1. The largest absolute Gasteiger partial charge is 0.455 e. The fraction of sp³-hybridized carbons (Fsp3) is 0.227. The molecule has 0 fully saturated rings. The molecule has 0 radical (unpaired) electrons. The van der Waals surface area contributed by atoms with Crippen molar-refractivity contribution in [3.8, 4) is 11.5 Å². The van der Waals surface area contributed by atoms with Gasteiger partial charge < -0.3 is 15.4 Å². The van der Waals surface area contributed by atoms with Crippen LogP contribution in [0, 0.1) is 12.8 Å². The molecule has 0 spiro atoms. The van der Waals surface area contributed by atoms with E-state index in [0.717, 1.165) is 5.56 Å². The summed E-state index contributed by atoms with van der Waals surface area (Å²) in [6, 6.07) is 11.9. The van der Waals surface area contributed by atoms with E-state index in [9.17, 15) is 9.59 Å². The topological polar surface area (TPSA) is 80.3 Å². The van der Waals surface area contributed by atoms with E-state index in [1.54, 1.807) is 36.7 Å². The smallest absolute Gasteiger partial charge is 0.262 e. The third-order valence-electron chi connectivity index (χ3n) is 4.29. The SMILES string of the molecule is Cc1cc(NC(=O)C(NC(=O)c2cccs2)C(C)C)ccc1Oc1cccnc1. The molecule has 0 bridgehead atoms. The van der Waals surface area contributed by atoms with Crippen molar-refractivity contribution in [2.45, 2.75) is 26.8 Å². The molecule has 2 heterocycles. The Morgan fingerprint density at radius 3 is 2.59 bits per heavy atom. The molecule has 0 aliphatic heterocycles. The molecule has 6 nitrogen and oxygen atoms in total. The average molecular weight is 410 g/mol. The number of aryl methyl sites for hydroxylation is 1. The third-order valence-corrected chi connectivity index (χ3v) is 5.15. The summed E-state index contributed by atoms with van der Waals surface area (Å²) in [5, 5.41) is 7.54. The van der Waals surface area contributed by atoms with Gasteiger partial charge in [-0.25, -0.2) is 0 Å². The molecule has 2 aromatic heterocycles. The molecule has 150 valence electrons. The lowest BCUT2D eigenvalue weighted by molar-refractivity contribution is -0.118. The maximum absolute atomic E-state index is 12.8. The molecule has 0 saturated carbocycles. The number of thiophene rings is 1. The number of carbonyl (C=O) groups excluding carboxylic acids is 2. The van der Waals surface area contributed by atoms with E-state index in [-0.39, 0.29) is 17.7 Å². The van der Waals surface area contributed by atoms with Crippen LogP contribution in [-0.2, 0) is 4.79 Å². The van der Waals surface area contributed by atoms with Gasteiger partial charge in [0.2, 0.25) is 5.91 Å². The van der Waals surface area contributed by atoms with Crippen molar-refractivity contribution >= 4 is 28.8 Å². The van der Waals surface area contributed by atoms with Crippen molar-refractivity contribution in [2.24, 2.45) is 5.92 Å². The minimum absolute atomic E-state index is 0.0619. The summed E-state index contributed by atoms with van der Waals surface area (Å²) in [5.74, 6) is 0.759. The quantitative estimate of drug-likeness (QED) is 0.596. The van der Waals surface area contributed by atoms with E-state index < -0.39 is 6.04 Å². The average Bonchev–Trinajstić information content (AvgIpc) is 3.23. The Hall–Kier alpha value is -3.19. The Morgan fingerprint density at radius 1 is 1.14 bits per heavy atom. The van der Waals surface area contributed by atoms with Gasteiger partial charge in [-0.05, 0) is 60.2 Å². The Balaban J connectivity index is 1.68.